The van der Waals surface area contributed by atoms with Crippen molar-refractivity contribution in [1.82, 2.24) is 25.0 Å². The molecule has 0 spiro atoms. The van der Waals surface area contributed by atoms with Crippen LogP contribution in [0.25, 0.3) is 26.5 Å². The van der Waals surface area contributed by atoms with E-state index in [1.54, 1.807) is 42.3 Å². The van der Waals surface area contributed by atoms with Crippen LogP contribution in [0.2, 0.25) is 0 Å². The lowest BCUT2D eigenvalue weighted by molar-refractivity contribution is 0.102. The van der Waals surface area contributed by atoms with Gasteiger partial charge in [0, 0.05) is 11.8 Å². The number of hydrogen-bond acceptors (Lipinski definition) is 7. The number of carbonyl (C=O) groups excluding carboxylic acids is 1. The molecule has 158 valence electrons. The summed E-state index contributed by atoms with van der Waals surface area (Å²) in [5.41, 5.74) is 3.50. The predicted octanol–water partition coefficient (Wildman–Crippen LogP) is 4.51. The van der Waals surface area contributed by atoms with Crippen molar-refractivity contribution >= 4 is 33.3 Å². The highest BCUT2D eigenvalue weighted by Crippen LogP contribution is 2.30. The third-order valence-corrected chi connectivity index (χ3v) is 6.06. The number of carbonyl (C=O) groups is 1. The van der Waals surface area contributed by atoms with E-state index < -0.39 is 0 Å². The van der Waals surface area contributed by atoms with Gasteiger partial charge in [-0.15, -0.1) is 16.4 Å². The average Bonchev–Trinajstić information content (AvgIpc) is 3.43. The summed E-state index contributed by atoms with van der Waals surface area (Å²) in [6, 6.07) is 19.0. The Bertz CT molecular complexity index is 1370. The van der Waals surface area contributed by atoms with Crippen LogP contribution in [-0.2, 0) is 0 Å². The van der Waals surface area contributed by atoms with Crippen molar-refractivity contribution in [3.05, 3.63) is 78.2 Å². The number of nitrogens with one attached hydrogen (secondary N) is 1. The van der Waals surface area contributed by atoms with Crippen LogP contribution >= 0.6 is 11.3 Å². The molecule has 0 unspecified atom stereocenters. The summed E-state index contributed by atoms with van der Waals surface area (Å²) in [4.78, 5) is 21.8. The van der Waals surface area contributed by atoms with Crippen LogP contribution in [-0.4, -0.2) is 38.0 Å². The fraction of sp³-hybridized carbons (Fsp3) is 0.0870. The van der Waals surface area contributed by atoms with Crippen LogP contribution in [0.5, 0.6) is 5.75 Å². The van der Waals surface area contributed by atoms with E-state index in [1.807, 2.05) is 54.6 Å². The van der Waals surface area contributed by atoms with E-state index in [2.05, 4.69) is 25.6 Å². The molecule has 0 aliphatic rings. The minimum atomic E-state index is -0.373. The van der Waals surface area contributed by atoms with Gasteiger partial charge in [-0.2, -0.15) is 0 Å². The fourth-order valence-corrected chi connectivity index (χ4v) is 4.23. The molecule has 2 aromatic carbocycles. The van der Waals surface area contributed by atoms with Gasteiger partial charge in [-0.05, 0) is 55.5 Å². The lowest BCUT2D eigenvalue weighted by atomic mass is 10.2. The summed E-state index contributed by atoms with van der Waals surface area (Å²) in [6.45, 7) is 1.79. The molecule has 0 atom stereocenters. The monoisotopic (exact) mass is 442 g/mol. The molecule has 3 aromatic heterocycles. The molecule has 3 heterocycles. The first-order chi connectivity index (χ1) is 15.6. The quantitative estimate of drug-likeness (QED) is 0.430. The molecular formula is C23H18N6O2S. The molecular weight excluding hydrogens is 424 g/mol. The highest BCUT2D eigenvalue weighted by Gasteiger charge is 2.18. The number of benzene rings is 2. The number of pyridine rings is 1. The maximum atomic E-state index is 12.8. The SMILES string of the molecule is COc1ccc(-n2nnc(C(=O)Nc3ccc(-c4nc5ccccc5s4)cn3)c2C)cc1. The highest BCUT2D eigenvalue weighted by molar-refractivity contribution is 7.21. The number of anilines is 1. The molecule has 32 heavy (non-hydrogen) atoms. The topological polar surface area (TPSA) is 94.8 Å². The lowest BCUT2D eigenvalue weighted by Gasteiger charge is -2.06. The summed E-state index contributed by atoms with van der Waals surface area (Å²) in [6.07, 6.45) is 1.70. The van der Waals surface area contributed by atoms with Crippen molar-refractivity contribution in [3.8, 4) is 22.0 Å². The van der Waals surface area contributed by atoms with Crippen molar-refractivity contribution < 1.29 is 9.53 Å². The fourth-order valence-electron chi connectivity index (χ4n) is 3.27. The number of fused-ring (bicyclic) bond motifs is 1. The Morgan fingerprint density at radius 1 is 1.06 bits per heavy atom. The predicted molar refractivity (Wildman–Crippen MR) is 123 cm³/mol. The van der Waals surface area contributed by atoms with E-state index in [0.717, 1.165) is 32.2 Å². The Labute approximate surface area is 187 Å². The van der Waals surface area contributed by atoms with E-state index in [1.165, 1.54) is 0 Å². The van der Waals surface area contributed by atoms with Crippen LogP contribution in [0.1, 0.15) is 16.2 Å². The number of methoxy groups -OCH3 is 1. The number of rotatable bonds is 5. The lowest BCUT2D eigenvalue weighted by Crippen LogP contribution is -2.15. The van der Waals surface area contributed by atoms with Gasteiger partial charge in [0.05, 0.1) is 28.7 Å². The minimum Gasteiger partial charge on any atom is -0.497 e. The zero-order valence-electron chi connectivity index (χ0n) is 17.3. The second-order valence-electron chi connectivity index (χ2n) is 7.01. The van der Waals surface area contributed by atoms with Gasteiger partial charge >= 0.3 is 0 Å². The van der Waals surface area contributed by atoms with Gasteiger partial charge in [0.1, 0.15) is 16.6 Å². The van der Waals surface area contributed by atoms with Crippen LogP contribution in [0.3, 0.4) is 0 Å². The Kier molecular flexibility index (Phi) is 5.08. The first kappa shape index (κ1) is 19.8. The molecule has 8 nitrogen and oxygen atoms in total. The third-order valence-electron chi connectivity index (χ3n) is 4.97. The maximum Gasteiger partial charge on any atom is 0.279 e. The summed E-state index contributed by atoms with van der Waals surface area (Å²) in [5, 5.41) is 11.8. The van der Waals surface area contributed by atoms with Crippen LogP contribution < -0.4 is 10.1 Å². The Hall–Kier alpha value is -4.11. The molecule has 9 heteroatoms. The van der Waals surface area contributed by atoms with Gasteiger partial charge in [0.25, 0.3) is 5.91 Å². The Morgan fingerprint density at radius 3 is 2.59 bits per heavy atom. The number of amides is 1. The van der Waals surface area contributed by atoms with Crippen LogP contribution in [0.15, 0.2) is 66.9 Å². The third kappa shape index (κ3) is 3.69. The molecule has 1 amide bonds. The van der Waals surface area contributed by atoms with Gasteiger partial charge in [0.15, 0.2) is 5.69 Å². The standard InChI is InChI=1S/C23H18N6O2S/c1-14-21(27-28-29(14)16-8-10-17(31-2)11-9-16)22(30)26-20-12-7-15(13-24-20)23-25-18-5-3-4-6-19(18)32-23/h3-13H,1-2H3,(H,24,26,30). The van der Waals surface area contributed by atoms with Gasteiger partial charge in [-0.3, -0.25) is 4.79 Å². The number of aromatic nitrogens is 5. The Balaban J connectivity index is 1.33. The van der Waals surface area contributed by atoms with Crippen molar-refractivity contribution in [3.63, 3.8) is 0 Å². The first-order valence-corrected chi connectivity index (χ1v) is 10.6. The maximum absolute atomic E-state index is 12.8. The largest absolute Gasteiger partial charge is 0.497 e. The number of nitrogens with zero attached hydrogens (tertiary/aromatic N) is 5. The second kappa shape index (κ2) is 8.20. The number of para-hydroxylation sites is 1. The van der Waals surface area contributed by atoms with E-state index in [4.69, 9.17) is 4.74 Å². The van der Waals surface area contributed by atoms with Crippen molar-refractivity contribution in [2.45, 2.75) is 6.92 Å². The summed E-state index contributed by atoms with van der Waals surface area (Å²) >= 11 is 1.60. The molecule has 0 aliphatic heterocycles. The summed E-state index contributed by atoms with van der Waals surface area (Å²) < 4.78 is 7.91. The number of ether oxygens (including phenoxy) is 1. The van der Waals surface area contributed by atoms with Crippen molar-refractivity contribution in [2.24, 2.45) is 0 Å². The van der Waals surface area contributed by atoms with Gasteiger partial charge in [-0.25, -0.2) is 14.6 Å². The van der Waals surface area contributed by atoms with Gasteiger partial charge in [0.2, 0.25) is 0 Å². The first-order valence-electron chi connectivity index (χ1n) is 9.82. The second-order valence-corrected chi connectivity index (χ2v) is 8.04. The zero-order valence-corrected chi connectivity index (χ0v) is 18.1. The summed E-state index contributed by atoms with van der Waals surface area (Å²) in [7, 11) is 1.61. The van der Waals surface area contributed by atoms with Crippen LogP contribution in [0, 0.1) is 6.92 Å². The van der Waals surface area contributed by atoms with Crippen LogP contribution in [0.4, 0.5) is 5.82 Å². The number of thiazole rings is 1. The molecule has 0 radical (unpaired) electrons. The smallest absolute Gasteiger partial charge is 0.279 e. The Morgan fingerprint density at radius 2 is 1.88 bits per heavy atom. The molecule has 0 fully saturated rings. The zero-order chi connectivity index (χ0) is 22.1. The van der Waals surface area contributed by atoms with E-state index in [0.29, 0.717) is 11.5 Å². The molecule has 0 aliphatic carbocycles. The normalized spacial score (nSPS) is 10.9. The van der Waals surface area contributed by atoms with Crippen molar-refractivity contribution in [2.75, 3.05) is 12.4 Å². The van der Waals surface area contributed by atoms with Crippen molar-refractivity contribution in [1.29, 1.82) is 0 Å². The molecule has 5 aromatic rings. The van der Waals surface area contributed by atoms with Gasteiger partial charge in [-0.1, -0.05) is 17.3 Å². The average molecular weight is 443 g/mol. The molecule has 0 saturated carbocycles. The van der Waals surface area contributed by atoms with Gasteiger partial charge < -0.3 is 10.1 Å². The molecule has 5 rings (SSSR count). The summed E-state index contributed by atoms with van der Waals surface area (Å²) in [5.74, 6) is 0.797. The van der Waals surface area contributed by atoms with E-state index >= 15 is 0 Å². The highest BCUT2D eigenvalue weighted by atomic mass is 32.1. The molecule has 0 bridgehead atoms. The van der Waals surface area contributed by atoms with E-state index in [-0.39, 0.29) is 11.6 Å². The molecule has 0 saturated heterocycles. The van der Waals surface area contributed by atoms with E-state index in [9.17, 15) is 4.79 Å². The molecule has 1 N–H and O–H groups in total. The number of hydrogen-bond donors (Lipinski definition) is 1. The minimum absolute atomic E-state index is 0.234.